The molecule has 2 aliphatic heterocycles. The molecule has 15 heteroatoms. The van der Waals surface area contributed by atoms with Gasteiger partial charge in [0, 0.05) is 6.54 Å². The Bertz CT molecular complexity index is 590. The second-order valence-corrected chi connectivity index (χ2v) is 8.21. The van der Waals surface area contributed by atoms with Gasteiger partial charge in [-0.25, -0.2) is 4.90 Å². The Morgan fingerprint density at radius 2 is 1.21 bits per heavy atom. The third kappa shape index (κ3) is 5.96. The van der Waals surface area contributed by atoms with Crippen LogP contribution < -0.4 is 5.73 Å². The lowest BCUT2D eigenvalue weighted by Crippen LogP contribution is -2.72. The average molecular weight is 486 g/mol. The normalized spacial score (nSPS) is 41.7. The molecule has 33 heavy (non-hydrogen) atoms. The summed E-state index contributed by atoms with van der Waals surface area (Å²) in [6.45, 7) is -1.84. The van der Waals surface area contributed by atoms with Gasteiger partial charge < -0.3 is 66.3 Å². The number of aliphatic carboxylic acids is 1. The molecule has 12 atom stereocenters. The fourth-order valence-corrected chi connectivity index (χ4v) is 4.02. The maximum atomic E-state index is 12.2. The molecular formula is C18H34N2O13. The summed E-state index contributed by atoms with van der Waals surface area (Å²) in [6.07, 6.45) is -19.4. The first-order valence-electron chi connectivity index (χ1n) is 10.5. The van der Waals surface area contributed by atoms with E-state index in [0.717, 1.165) is 4.90 Å². The number of carboxylic acid groups (broad SMARTS) is 1. The number of nitrogens with zero attached hydrogens (tertiary/aromatic N) is 1. The Hall–Kier alpha value is -1.05. The van der Waals surface area contributed by atoms with Crippen LogP contribution in [0.25, 0.3) is 0 Å². The molecule has 12 N–H and O–H groups in total. The van der Waals surface area contributed by atoms with Crippen LogP contribution in [0.3, 0.4) is 0 Å². The van der Waals surface area contributed by atoms with Gasteiger partial charge in [0.15, 0.2) is 0 Å². The molecule has 15 nitrogen and oxygen atoms in total. The second kappa shape index (κ2) is 12.1. The van der Waals surface area contributed by atoms with E-state index in [1.165, 1.54) is 0 Å². The zero-order chi connectivity index (χ0) is 25.0. The molecule has 0 aliphatic carbocycles. The first kappa shape index (κ1) is 28.2. The van der Waals surface area contributed by atoms with Crippen molar-refractivity contribution in [2.75, 3.05) is 19.8 Å². The summed E-state index contributed by atoms with van der Waals surface area (Å²) in [5, 5.41) is 100. The predicted octanol–water partition coefficient (Wildman–Crippen LogP) is -6.56. The molecule has 0 aromatic rings. The Morgan fingerprint density at radius 1 is 0.788 bits per heavy atom. The molecule has 4 unspecified atom stereocenters. The molecule has 2 fully saturated rings. The quantitative estimate of drug-likeness (QED) is 0.137. The summed E-state index contributed by atoms with van der Waals surface area (Å²) >= 11 is 0. The Kier molecular flexibility index (Phi) is 10.3. The third-order valence-electron chi connectivity index (χ3n) is 6.01. The van der Waals surface area contributed by atoms with Crippen LogP contribution in [0, 0.1) is 0 Å². The van der Waals surface area contributed by atoms with Crippen molar-refractivity contribution >= 4 is 5.97 Å². The standard InChI is InChI=1S/C18H34N2O13/c19-3-6(23)1-2-7(18(30)31)20(16-14(28)12(26)10(24)8(4-21)32-16)17-15(29)13(27)11(25)9(5-22)33-17/h6-17,21-29H,1-5,19H2,(H,30,31)/t6?,7?,8-,9-,10-,11+,12+,13+,14-,15-,16?,17?/m1/s1. The molecule has 0 radical (unpaired) electrons. The summed E-state index contributed by atoms with van der Waals surface area (Å²) in [4.78, 5) is 12.9. The zero-order valence-electron chi connectivity index (χ0n) is 17.7. The van der Waals surface area contributed by atoms with Crippen molar-refractivity contribution in [3.63, 3.8) is 0 Å². The number of ether oxygens (including phenoxy) is 2. The number of nitrogens with two attached hydrogens (primary N) is 1. The molecule has 0 bridgehead atoms. The van der Waals surface area contributed by atoms with Crippen LogP contribution in [0.4, 0.5) is 0 Å². The molecule has 0 saturated carbocycles. The number of aliphatic hydroxyl groups excluding tert-OH is 9. The van der Waals surface area contributed by atoms with E-state index in [0.29, 0.717) is 0 Å². The lowest BCUT2D eigenvalue weighted by molar-refractivity contribution is -0.329. The molecule has 2 aliphatic rings. The Labute approximate surface area is 188 Å². The minimum Gasteiger partial charge on any atom is -0.480 e. The molecular weight excluding hydrogens is 452 g/mol. The van der Waals surface area contributed by atoms with Gasteiger partial charge in [-0.05, 0) is 12.8 Å². The summed E-state index contributed by atoms with van der Waals surface area (Å²) in [5.74, 6) is -1.53. The maximum absolute atomic E-state index is 12.2. The monoisotopic (exact) mass is 486 g/mol. The van der Waals surface area contributed by atoms with Crippen molar-refractivity contribution in [2.24, 2.45) is 5.73 Å². The number of hydrogen-bond donors (Lipinski definition) is 11. The number of aliphatic hydroxyl groups is 9. The highest BCUT2D eigenvalue weighted by atomic mass is 16.6. The second-order valence-electron chi connectivity index (χ2n) is 8.21. The van der Waals surface area contributed by atoms with Gasteiger partial charge in [0.2, 0.25) is 0 Å². The average Bonchev–Trinajstić information content (AvgIpc) is 2.79. The predicted molar refractivity (Wildman–Crippen MR) is 105 cm³/mol. The van der Waals surface area contributed by atoms with Crippen molar-refractivity contribution in [3.8, 4) is 0 Å². The van der Waals surface area contributed by atoms with Gasteiger partial charge in [0.1, 0.15) is 67.3 Å². The first-order valence-corrected chi connectivity index (χ1v) is 10.5. The number of rotatable bonds is 10. The zero-order valence-corrected chi connectivity index (χ0v) is 17.7. The molecule has 0 spiro atoms. The maximum Gasteiger partial charge on any atom is 0.321 e. The summed E-state index contributed by atoms with van der Waals surface area (Å²) in [6, 6.07) is -1.69. The van der Waals surface area contributed by atoms with Gasteiger partial charge in [-0.2, -0.15) is 0 Å². The van der Waals surface area contributed by atoms with Gasteiger partial charge in [-0.1, -0.05) is 0 Å². The van der Waals surface area contributed by atoms with E-state index >= 15 is 0 Å². The van der Waals surface area contributed by atoms with Crippen LogP contribution >= 0.6 is 0 Å². The van der Waals surface area contributed by atoms with E-state index in [-0.39, 0.29) is 19.4 Å². The van der Waals surface area contributed by atoms with E-state index in [1.807, 2.05) is 0 Å². The molecule has 2 heterocycles. The van der Waals surface area contributed by atoms with Crippen LogP contribution in [0.15, 0.2) is 0 Å². The molecule has 194 valence electrons. The topological polar surface area (TPSA) is 267 Å². The van der Waals surface area contributed by atoms with Crippen molar-refractivity contribution in [1.29, 1.82) is 0 Å². The highest BCUT2D eigenvalue weighted by Gasteiger charge is 2.55. The summed E-state index contributed by atoms with van der Waals surface area (Å²) in [5.41, 5.74) is 5.36. The van der Waals surface area contributed by atoms with E-state index in [1.54, 1.807) is 0 Å². The number of carbonyl (C=O) groups is 1. The van der Waals surface area contributed by atoms with Gasteiger partial charge >= 0.3 is 5.97 Å². The van der Waals surface area contributed by atoms with Crippen LogP contribution in [0.1, 0.15) is 12.8 Å². The minimum absolute atomic E-state index is 0.154. The molecule has 2 saturated heterocycles. The van der Waals surface area contributed by atoms with Gasteiger partial charge in [-0.15, -0.1) is 0 Å². The van der Waals surface area contributed by atoms with E-state index in [4.69, 9.17) is 15.2 Å². The number of carboxylic acids is 1. The Balaban J connectivity index is 2.51. The van der Waals surface area contributed by atoms with Crippen LogP contribution in [0.5, 0.6) is 0 Å². The fraction of sp³-hybridized carbons (Fsp3) is 0.944. The van der Waals surface area contributed by atoms with Gasteiger partial charge in [-0.3, -0.25) is 4.79 Å². The van der Waals surface area contributed by atoms with Crippen molar-refractivity contribution < 1.29 is 65.3 Å². The molecule has 0 amide bonds. The highest BCUT2D eigenvalue weighted by Crippen LogP contribution is 2.33. The van der Waals surface area contributed by atoms with Crippen LogP contribution in [-0.4, -0.2) is 155 Å². The van der Waals surface area contributed by atoms with Crippen LogP contribution in [-0.2, 0) is 14.3 Å². The number of hydrogen-bond acceptors (Lipinski definition) is 14. The lowest BCUT2D eigenvalue weighted by atomic mass is 9.93. The highest BCUT2D eigenvalue weighted by molar-refractivity contribution is 5.73. The van der Waals surface area contributed by atoms with E-state index < -0.39 is 92.6 Å². The lowest BCUT2D eigenvalue weighted by Gasteiger charge is -2.52. The van der Waals surface area contributed by atoms with Crippen LogP contribution in [0.2, 0.25) is 0 Å². The molecule has 0 aromatic heterocycles. The van der Waals surface area contributed by atoms with Crippen molar-refractivity contribution in [3.05, 3.63) is 0 Å². The fourth-order valence-electron chi connectivity index (χ4n) is 4.02. The largest absolute Gasteiger partial charge is 0.480 e. The summed E-state index contributed by atoms with van der Waals surface area (Å²) < 4.78 is 10.9. The first-order chi connectivity index (χ1) is 15.5. The third-order valence-corrected chi connectivity index (χ3v) is 6.01. The SMILES string of the molecule is NCC(O)CCC(C(=O)O)N(C1O[C@H](CO)[C@H](O)[C@H](O)[C@H]1O)C1O[C@H](CO)[C@@H](O)[C@H](O)[C@H]1O. The minimum atomic E-state index is -1.98. The molecule has 2 rings (SSSR count). The summed E-state index contributed by atoms with van der Waals surface area (Å²) in [7, 11) is 0. The Morgan fingerprint density at radius 3 is 1.55 bits per heavy atom. The van der Waals surface area contributed by atoms with Crippen molar-refractivity contribution in [1.82, 2.24) is 4.90 Å². The van der Waals surface area contributed by atoms with E-state index in [9.17, 15) is 55.9 Å². The van der Waals surface area contributed by atoms with Crippen molar-refractivity contribution in [2.45, 2.75) is 86.3 Å². The molecule has 0 aromatic carbocycles. The van der Waals surface area contributed by atoms with Gasteiger partial charge in [0.05, 0.1) is 19.3 Å². The smallest absolute Gasteiger partial charge is 0.321 e. The van der Waals surface area contributed by atoms with E-state index in [2.05, 4.69) is 0 Å². The van der Waals surface area contributed by atoms with Gasteiger partial charge in [0.25, 0.3) is 0 Å².